The molecule has 3 rings (SSSR count). The van der Waals surface area contributed by atoms with E-state index in [1.165, 1.54) is 16.8 Å². The van der Waals surface area contributed by atoms with E-state index in [9.17, 15) is 4.79 Å². The van der Waals surface area contributed by atoms with Gasteiger partial charge >= 0.3 is 0 Å². The fourth-order valence-corrected chi connectivity index (χ4v) is 3.62. The van der Waals surface area contributed by atoms with Crippen molar-refractivity contribution in [1.29, 1.82) is 0 Å². The highest BCUT2D eigenvalue weighted by molar-refractivity contribution is 5.81. The molecule has 2 fully saturated rings. The molecule has 2 saturated heterocycles. The summed E-state index contributed by atoms with van der Waals surface area (Å²) in [7, 11) is 0. The molecule has 1 N–H and O–H groups in total. The van der Waals surface area contributed by atoms with E-state index in [0.717, 1.165) is 45.6 Å². The minimum absolute atomic E-state index is 0.0803. The zero-order chi connectivity index (χ0) is 17.8. The Morgan fingerprint density at radius 3 is 2.64 bits per heavy atom. The van der Waals surface area contributed by atoms with Crippen molar-refractivity contribution in [2.24, 2.45) is 0 Å². The molecule has 0 bridgehead atoms. The van der Waals surface area contributed by atoms with Crippen LogP contribution in [-0.4, -0.2) is 62.3 Å². The zero-order valence-electron chi connectivity index (χ0n) is 15.8. The van der Waals surface area contributed by atoms with Crippen LogP contribution >= 0.6 is 0 Å². The molecule has 5 heteroatoms. The summed E-state index contributed by atoms with van der Waals surface area (Å²) in [6.07, 6.45) is 2.37. The van der Waals surface area contributed by atoms with Crippen LogP contribution in [0.5, 0.6) is 0 Å². The Bertz CT molecular complexity index is 591. The van der Waals surface area contributed by atoms with Crippen molar-refractivity contribution in [3.63, 3.8) is 0 Å². The number of anilines is 1. The number of benzene rings is 1. The van der Waals surface area contributed by atoms with E-state index in [0.29, 0.717) is 6.54 Å². The third-order valence-corrected chi connectivity index (χ3v) is 5.63. The highest BCUT2D eigenvalue weighted by Crippen LogP contribution is 2.21. The number of nitrogens with zero attached hydrogens (tertiary/aromatic N) is 2. The molecule has 25 heavy (non-hydrogen) atoms. The molecule has 2 atom stereocenters. The Hall–Kier alpha value is -1.59. The van der Waals surface area contributed by atoms with Gasteiger partial charge in [0.05, 0.1) is 12.1 Å². The number of aryl methyl sites for hydroxylation is 2. The Labute approximate surface area is 151 Å². The first-order valence-corrected chi connectivity index (χ1v) is 9.50. The minimum Gasteiger partial charge on any atom is -0.376 e. The SMILES string of the molecule is Cc1ccc(N2CCN([C@H](C)C(=O)NC[C@H]3CCCO3)CC2)cc1C. The third-order valence-electron chi connectivity index (χ3n) is 5.63. The second-order valence-electron chi connectivity index (χ2n) is 7.35. The summed E-state index contributed by atoms with van der Waals surface area (Å²) in [6.45, 7) is 11.6. The third kappa shape index (κ3) is 4.53. The molecule has 2 aliphatic rings. The summed E-state index contributed by atoms with van der Waals surface area (Å²) in [4.78, 5) is 17.1. The van der Waals surface area contributed by atoms with Crippen LogP contribution in [0, 0.1) is 13.8 Å². The summed E-state index contributed by atoms with van der Waals surface area (Å²) in [5.41, 5.74) is 3.96. The van der Waals surface area contributed by atoms with E-state index >= 15 is 0 Å². The van der Waals surface area contributed by atoms with Gasteiger partial charge in [0, 0.05) is 45.0 Å². The van der Waals surface area contributed by atoms with Crippen LogP contribution in [0.15, 0.2) is 18.2 Å². The molecular formula is C20H31N3O2. The van der Waals surface area contributed by atoms with Crippen molar-refractivity contribution in [3.05, 3.63) is 29.3 Å². The van der Waals surface area contributed by atoms with E-state index in [1.807, 2.05) is 6.92 Å². The lowest BCUT2D eigenvalue weighted by Crippen LogP contribution is -2.54. The maximum Gasteiger partial charge on any atom is 0.237 e. The highest BCUT2D eigenvalue weighted by atomic mass is 16.5. The van der Waals surface area contributed by atoms with Gasteiger partial charge in [-0.1, -0.05) is 6.07 Å². The van der Waals surface area contributed by atoms with Crippen molar-refractivity contribution >= 4 is 11.6 Å². The van der Waals surface area contributed by atoms with E-state index in [-0.39, 0.29) is 18.1 Å². The van der Waals surface area contributed by atoms with Crippen LogP contribution in [0.1, 0.15) is 30.9 Å². The highest BCUT2D eigenvalue weighted by Gasteiger charge is 2.26. The Balaban J connectivity index is 1.47. The lowest BCUT2D eigenvalue weighted by atomic mass is 10.1. The first-order chi connectivity index (χ1) is 12.0. The molecule has 138 valence electrons. The molecule has 1 amide bonds. The van der Waals surface area contributed by atoms with E-state index in [4.69, 9.17) is 4.74 Å². The summed E-state index contributed by atoms with van der Waals surface area (Å²) in [5, 5.41) is 3.06. The summed E-state index contributed by atoms with van der Waals surface area (Å²) >= 11 is 0. The molecule has 0 aromatic heterocycles. The average molecular weight is 345 g/mol. The molecule has 2 aliphatic heterocycles. The van der Waals surface area contributed by atoms with Gasteiger partial charge in [0.1, 0.15) is 0 Å². The predicted molar refractivity (Wildman–Crippen MR) is 101 cm³/mol. The quantitative estimate of drug-likeness (QED) is 0.888. The van der Waals surface area contributed by atoms with Crippen LogP contribution in [0.25, 0.3) is 0 Å². The van der Waals surface area contributed by atoms with Crippen LogP contribution in [0.2, 0.25) is 0 Å². The van der Waals surface area contributed by atoms with Crippen molar-refractivity contribution in [2.45, 2.75) is 45.8 Å². The largest absolute Gasteiger partial charge is 0.376 e. The van der Waals surface area contributed by atoms with Crippen LogP contribution in [0.4, 0.5) is 5.69 Å². The van der Waals surface area contributed by atoms with Gasteiger partial charge in [-0.15, -0.1) is 0 Å². The molecule has 0 saturated carbocycles. The van der Waals surface area contributed by atoms with Gasteiger partial charge in [-0.2, -0.15) is 0 Å². The van der Waals surface area contributed by atoms with Gasteiger partial charge in [0.25, 0.3) is 0 Å². The number of piperazine rings is 1. The van der Waals surface area contributed by atoms with E-state index in [1.54, 1.807) is 0 Å². The van der Waals surface area contributed by atoms with Crippen molar-refractivity contribution in [3.8, 4) is 0 Å². The molecule has 1 aromatic carbocycles. The second kappa shape index (κ2) is 8.19. The summed E-state index contributed by atoms with van der Waals surface area (Å²) in [5.74, 6) is 0.120. The van der Waals surface area contributed by atoms with Gasteiger partial charge < -0.3 is 15.0 Å². The van der Waals surface area contributed by atoms with Gasteiger partial charge in [-0.05, 0) is 56.9 Å². The Morgan fingerprint density at radius 1 is 1.24 bits per heavy atom. The summed E-state index contributed by atoms with van der Waals surface area (Å²) < 4.78 is 5.57. The Kier molecular flexibility index (Phi) is 5.97. The molecule has 1 aromatic rings. The van der Waals surface area contributed by atoms with Gasteiger partial charge in [0.2, 0.25) is 5.91 Å². The number of amides is 1. The number of rotatable bonds is 5. The first-order valence-electron chi connectivity index (χ1n) is 9.50. The van der Waals surface area contributed by atoms with Crippen LogP contribution in [-0.2, 0) is 9.53 Å². The second-order valence-corrected chi connectivity index (χ2v) is 7.35. The summed E-state index contributed by atoms with van der Waals surface area (Å²) in [6, 6.07) is 6.58. The molecule has 0 spiro atoms. The maximum absolute atomic E-state index is 12.4. The standard InChI is InChI=1S/C20H31N3O2/c1-15-6-7-18(13-16(15)2)23-10-8-22(9-11-23)17(3)20(24)21-14-19-5-4-12-25-19/h6-7,13,17,19H,4-5,8-12,14H2,1-3H3,(H,21,24)/t17-,19-/m1/s1. The number of ether oxygens (including phenoxy) is 1. The Morgan fingerprint density at radius 2 is 2.00 bits per heavy atom. The molecule has 0 aliphatic carbocycles. The van der Waals surface area contributed by atoms with Crippen molar-refractivity contribution < 1.29 is 9.53 Å². The fraction of sp³-hybridized carbons (Fsp3) is 0.650. The van der Waals surface area contributed by atoms with E-state index < -0.39 is 0 Å². The molecule has 0 radical (unpaired) electrons. The molecule has 0 unspecified atom stereocenters. The molecule has 5 nitrogen and oxygen atoms in total. The lowest BCUT2D eigenvalue weighted by Gasteiger charge is -2.38. The van der Waals surface area contributed by atoms with E-state index in [2.05, 4.69) is 47.2 Å². The monoisotopic (exact) mass is 345 g/mol. The van der Waals surface area contributed by atoms with Gasteiger partial charge in [-0.3, -0.25) is 9.69 Å². The molecular weight excluding hydrogens is 314 g/mol. The maximum atomic E-state index is 12.4. The van der Waals surface area contributed by atoms with Crippen molar-refractivity contribution in [1.82, 2.24) is 10.2 Å². The topological polar surface area (TPSA) is 44.8 Å². The molecule has 2 heterocycles. The predicted octanol–water partition coefficient (Wildman–Crippen LogP) is 2.11. The normalized spacial score (nSPS) is 22.8. The first kappa shape index (κ1) is 18.2. The number of carbonyl (C=O) groups is 1. The number of carbonyl (C=O) groups excluding carboxylic acids is 1. The number of hydrogen-bond donors (Lipinski definition) is 1. The smallest absolute Gasteiger partial charge is 0.237 e. The average Bonchev–Trinajstić information content (AvgIpc) is 3.15. The van der Waals surface area contributed by atoms with Gasteiger partial charge in [0.15, 0.2) is 0 Å². The minimum atomic E-state index is -0.0803. The zero-order valence-corrected chi connectivity index (χ0v) is 15.8. The fourth-order valence-electron chi connectivity index (χ4n) is 3.62. The van der Waals surface area contributed by atoms with Crippen LogP contribution in [0.3, 0.4) is 0 Å². The number of hydrogen-bond acceptors (Lipinski definition) is 4. The number of nitrogens with one attached hydrogen (secondary N) is 1. The van der Waals surface area contributed by atoms with Crippen LogP contribution < -0.4 is 10.2 Å². The van der Waals surface area contributed by atoms with Crippen molar-refractivity contribution in [2.75, 3.05) is 44.2 Å². The van der Waals surface area contributed by atoms with Gasteiger partial charge in [-0.25, -0.2) is 0 Å². The lowest BCUT2D eigenvalue weighted by molar-refractivity contribution is -0.126.